The number of nitrogens with zero attached hydrogens (tertiary/aromatic N) is 1. The van der Waals surface area contributed by atoms with Crippen molar-refractivity contribution in [3.05, 3.63) is 65.9 Å². The Balaban J connectivity index is 1.62. The zero-order valence-corrected chi connectivity index (χ0v) is 13.3. The van der Waals surface area contributed by atoms with E-state index in [1.807, 2.05) is 12.1 Å². The summed E-state index contributed by atoms with van der Waals surface area (Å²) in [7, 11) is 0. The van der Waals surface area contributed by atoms with Crippen LogP contribution in [0.2, 0.25) is 0 Å². The van der Waals surface area contributed by atoms with E-state index in [4.69, 9.17) is 5.73 Å². The fraction of sp³-hybridized carbons (Fsp3) is 0.300. The molecule has 4 rings (SSSR count). The van der Waals surface area contributed by atoms with Crippen molar-refractivity contribution >= 4 is 16.6 Å². The van der Waals surface area contributed by atoms with Crippen molar-refractivity contribution in [2.45, 2.75) is 31.8 Å². The van der Waals surface area contributed by atoms with Gasteiger partial charge in [-0.1, -0.05) is 36.8 Å². The Labute approximate surface area is 137 Å². The smallest absolute Gasteiger partial charge is 0.0502 e. The summed E-state index contributed by atoms with van der Waals surface area (Å²) in [6.45, 7) is 2.11. The lowest BCUT2D eigenvalue weighted by molar-refractivity contribution is 0.138. The largest absolute Gasteiger partial charge is 0.399 e. The van der Waals surface area contributed by atoms with Crippen LogP contribution in [-0.4, -0.2) is 16.4 Å². The number of rotatable bonds is 3. The molecule has 0 bridgehead atoms. The minimum Gasteiger partial charge on any atom is -0.399 e. The van der Waals surface area contributed by atoms with E-state index < -0.39 is 0 Å². The molecular formula is C20H23N3. The topological polar surface area (TPSA) is 45.0 Å². The Morgan fingerprint density at radius 2 is 1.96 bits per heavy atom. The maximum absolute atomic E-state index is 5.94. The number of nitrogens with two attached hydrogens (primary N) is 1. The predicted octanol–water partition coefficient (Wildman–Crippen LogP) is 4.48. The number of hydrogen-bond acceptors (Lipinski definition) is 2. The standard InChI is InChI=1S/C20H23N3/c21-17-8-5-6-15(12-17)14-23-11-4-3-10-20(23)19-13-16-7-1-2-9-18(16)22-19/h1-2,5-9,12-13,20,22H,3-4,10-11,14,21H2. The first kappa shape index (κ1) is 14.3. The number of para-hydroxylation sites is 1. The molecule has 1 atom stereocenters. The Hall–Kier alpha value is -2.26. The van der Waals surface area contributed by atoms with Crippen LogP contribution in [0.4, 0.5) is 5.69 Å². The first-order valence-electron chi connectivity index (χ1n) is 8.46. The number of benzene rings is 2. The molecule has 3 N–H and O–H groups in total. The average Bonchev–Trinajstić information content (AvgIpc) is 2.99. The van der Waals surface area contributed by atoms with Crippen molar-refractivity contribution in [2.75, 3.05) is 12.3 Å². The van der Waals surface area contributed by atoms with E-state index in [1.54, 1.807) is 0 Å². The first-order chi connectivity index (χ1) is 11.3. The second-order valence-electron chi connectivity index (χ2n) is 6.54. The van der Waals surface area contributed by atoms with Crippen LogP contribution in [-0.2, 0) is 6.54 Å². The number of nitrogen functional groups attached to an aromatic ring is 1. The van der Waals surface area contributed by atoms with Crippen molar-refractivity contribution in [3.63, 3.8) is 0 Å². The quantitative estimate of drug-likeness (QED) is 0.701. The van der Waals surface area contributed by atoms with Gasteiger partial charge in [-0.3, -0.25) is 4.90 Å². The molecule has 0 saturated carbocycles. The maximum atomic E-state index is 5.94. The second-order valence-corrected chi connectivity index (χ2v) is 6.54. The molecule has 0 radical (unpaired) electrons. The number of hydrogen-bond donors (Lipinski definition) is 2. The Bertz CT molecular complexity index is 772. The molecule has 1 unspecified atom stereocenters. The van der Waals surface area contributed by atoms with Gasteiger partial charge in [-0.05, 0) is 54.6 Å². The molecule has 23 heavy (non-hydrogen) atoms. The molecule has 3 nitrogen and oxygen atoms in total. The second kappa shape index (κ2) is 6.09. The van der Waals surface area contributed by atoms with Crippen LogP contribution in [0.5, 0.6) is 0 Å². The number of aromatic amines is 1. The van der Waals surface area contributed by atoms with E-state index in [1.165, 1.54) is 41.4 Å². The number of nitrogens with one attached hydrogen (secondary N) is 1. The number of anilines is 1. The minimum absolute atomic E-state index is 0.470. The summed E-state index contributed by atoms with van der Waals surface area (Å²) in [6.07, 6.45) is 3.79. The minimum atomic E-state index is 0.470. The predicted molar refractivity (Wildman–Crippen MR) is 96.2 cm³/mol. The van der Waals surface area contributed by atoms with Crippen LogP contribution in [0.1, 0.15) is 36.6 Å². The number of piperidine rings is 1. The van der Waals surface area contributed by atoms with E-state index >= 15 is 0 Å². The van der Waals surface area contributed by atoms with Crippen LogP contribution in [0.25, 0.3) is 10.9 Å². The molecule has 1 saturated heterocycles. The zero-order valence-electron chi connectivity index (χ0n) is 13.3. The van der Waals surface area contributed by atoms with Gasteiger partial charge in [0.2, 0.25) is 0 Å². The number of H-pyrrole nitrogens is 1. The molecule has 3 aromatic rings. The molecule has 3 heteroatoms. The molecule has 118 valence electrons. The van der Waals surface area contributed by atoms with Gasteiger partial charge >= 0.3 is 0 Å². The summed E-state index contributed by atoms with van der Waals surface area (Å²) in [5.74, 6) is 0. The van der Waals surface area contributed by atoms with E-state index in [0.717, 1.165) is 18.8 Å². The van der Waals surface area contributed by atoms with E-state index in [2.05, 4.69) is 52.3 Å². The maximum Gasteiger partial charge on any atom is 0.0502 e. The van der Waals surface area contributed by atoms with Crippen LogP contribution >= 0.6 is 0 Å². The SMILES string of the molecule is Nc1cccc(CN2CCCCC2c2cc3ccccc3[nH]2)c1. The third kappa shape index (κ3) is 2.97. The summed E-state index contributed by atoms with van der Waals surface area (Å²) < 4.78 is 0. The lowest BCUT2D eigenvalue weighted by Gasteiger charge is -2.35. The zero-order chi connectivity index (χ0) is 15.6. The number of likely N-dealkylation sites (tertiary alicyclic amines) is 1. The molecule has 0 amide bonds. The molecule has 2 aromatic carbocycles. The van der Waals surface area contributed by atoms with Gasteiger partial charge in [0, 0.05) is 23.4 Å². The van der Waals surface area contributed by atoms with Gasteiger partial charge < -0.3 is 10.7 Å². The van der Waals surface area contributed by atoms with E-state index in [0.29, 0.717) is 6.04 Å². The molecule has 1 aliphatic rings. The number of fused-ring (bicyclic) bond motifs is 1. The van der Waals surface area contributed by atoms with Crippen molar-refractivity contribution in [2.24, 2.45) is 0 Å². The Morgan fingerprint density at radius 1 is 1.04 bits per heavy atom. The summed E-state index contributed by atoms with van der Waals surface area (Å²) >= 11 is 0. The molecule has 0 spiro atoms. The lowest BCUT2D eigenvalue weighted by Crippen LogP contribution is -2.33. The molecule has 0 aliphatic carbocycles. The third-order valence-corrected chi connectivity index (χ3v) is 4.86. The normalized spacial score (nSPS) is 19.2. The summed E-state index contributed by atoms with van der Waals surface area (Å²) in [4.78, 5) is 6.21. The van der Waals surface area contributed by atoms with Crippen molar-refractivity contribution < 1.29 is 0 Å². The highest BCUT2D eigenvalue weighted by Crippen LogP contribution is 2.33. The summed E-state index contributed by atoms with van der Waals surface area (Å²) in [5.41, 5.74) is 10.7. The first-order valence-corrected chi connectivity index (χ1v) is 8.46. The van der Waals surface area contributed by atoms with Crippen molar-refractivity contribution in [3.8, 4) is 0 Å². The van der Waals surface area contributed by atoms with Gasteiger partial charge in [0.15, 0.2) is 0 Å². The van der Waals surface area contributed by atoms with Gasteiger partial charge in [0.05, 0.1) is 6.04 Å². The van der Waals surface area contributed by atoms with E-state index in [-0.39, 0.29) is 0 Å². The van der Waals surface area contributed by atoms with Crippen molar-refractivity contribution in [1.29, 1.82) is 0 Å². The monoisotopic (exact) mass is 305 g/mol. The fourth-order valence-corrected chi connectivity index (χ4v) is 3.73. The van der Waals surface area contributed by atoms with Crippen molar-refractivity contribution in [1.82, 2.24) is 9.88 Å². The van der Waals surface area contributed by atoms with Gasteiger partial charge in [-0.15, -0.1) is 0 Å². The molecule has 1 aliphatic heterocycles. The van der Waals surface area contributed by atoms with Gasteiger partial charge in [-0.25, -0.2) is 0 Å². The van der Waals surface area contributed by atoms with E-state index in [9.17, 15) is 0 Å². The Morgan fingerprint density at radius 3 is 2.83 bits per heavy atom. The van der Waals surface area contributed by atoms with Crippen LogP contribution in [0.3, 0.4) is 0 Å². The van der Waals surface area contributed by atoms with Crippen LogP contribution in [0, 0.1) is 0 Å². The fourth-order valence-electron chi connectivity index (χ4n) is 3.73. The Kier molecular flexibility index (Phi) is 3.80. The third-order valence-electron chi connectivity index (χ3n) is 4.86. The molecule has 1 fully saturated rings. The highest BCUT2D eigenvalue weighted by Gasteiger charge is 2.25. The van der Waals surface area contributed by atoms with Crippen LogP contribution < -0.4 is 5.73 Å². The lowest BCUT2D eigenvalue weighted by atomic mass is 9.98. The summed E-state index contributed by atoms with van der Waals surface area (Å²) in [5, 5.41) is 1.30. The van der Waals surface area contributed by atoms with Gasteiger partial charge in [0.25, 0.3) is 0 Å². The number of aromatic nitrogens is 1. The average molecular weight is 305 g/mol. The highest BCUT2D eigenvalue weighted by atomic mass is 15.2. The van der Waals surface area contributed by atoms with Crippen LogP contribution in [0.15, 0.2) is 54.6 Å². The molecule has 1 aromatic heterocycles. The van der Waals surface area contributed by atoms with Gasteiger partial charge in [0.1, 0.15) is 0 Å². The highest BCUT2D eigenvalue weighted by molar-refractivity contribution is 5.80. The molecule has 2 heterocycles. The summed E-state index contributed by atoms with van der Waals surface area (Å²) in [6, 6.07) is 19.6. The molecular weight excluding hydrogens is 282 g/mol. The van der Waals surface area contributed by atoms with Gasteiger partial charge in [-0.2, -0.15) is 0 Å².